The van der Waals surface area contributed by atoms with Crippen LogP contribution in [0.3, 0.4) is 0 Å². The van der Waals surface area contributed by atoms with Gasteiger partial charge in [0.1, 0.15) is 0 Å². The smallest absolute Gasteiger partial charge is 0.305 e. The van der Waals surface area contributed by atoms with E-state index in [1.165, 1.54) is 51.4 Å². The summed E-state index contributed by atoms with van der Waals surface area (Å²) in [5.74, 6) is 2.08. The van der Waals surface area contributed by atoms with Crippen LogP contribution < -0.4 is 0 Å². The minimum Gasteiger partial charge on any atom is -0.465 e. The van der Waals surface area contributed by atoms with Gasteiger partial charge in [-0.15, -0.1) is 0 Å². The van der Waals surface area contributed by atoms with Crippen LogP contribution in [0.25, 0.3) is 0 Å². The van der Waals surface area contributed by atoms with Crippen molar-refractivity contribution in [1.29, 1.82) is 0 Å². The number of fused-ring (bicyclic) bond motifs is 2. The van der Waals surface area contributed by atoms with Crippen molar-refractivity contribution < 1.29 is 9.53 Å². The summed E-state index contributed by atoms with van der Waals surface area (Å²) in [6.45, 7) is 2.89. The number of ether oxygens (including phenoxy) is 1. The summed E-state index contributed by atoms with van der Waals surface area (Å²) in [4.78, 5) is 11.7. The van der Waals surface area contributed by atoms with Crippen molar-refractivity contribution >= 4 is 5.97 Å². The summed E-state index contributed by atoms with van der Waals surface area (Å²) in [5, 5.41) is 0. The largest absolute Gasteiger partial charge is 0.465 e. The Morgan fingerprint density at radius 3 is 2.45 bits per heavy atom. The van der Waals surface area contributed by atoms with E-state index in [9.17, 15) is 4.79 Å². The highest BCUT2D eigenvalue weighted by Gasteiger charge is 2.36. The van der Waals surface area contributed by atoms with Crippen molar-refractivity contribution in [2.45, 2.75) is 71.1 Å². The topological polar surface area (TPSA) is 26.3 Å². The number of carbonyl (C=O) groups excluding carboxylic acids is 1. The van der Waals surface area contributed by atoms with Gasteiger partial charge in [0.25, 0.3) is 0 Å². The fourth-order valence-electron chi connectivity index (χ4n) is 3.58. The van der Waals surface area contributed by atoms with E-state index >= 15 is 0 Å². The molecule has 3 atom stereocenters. The Kier molecular flexibility index (Phi) is 6.62. The maximum atomic E-state index is 11.7. The summed E-state index contributed by atoms with van der Waals surface area (Å²) < 4.78 is 5.45. The van der Waals surface area contributed by atoms with Gasteiger partial charge >= 0.3 is 5.97 Å². The molecular weight excluding hydrogens is 248 g/mol. The number of unbranched alkanes of at least 4 members (excludes halogenated alkanes) is 6. The number of carbonyl (C=O) groups is 1. The van der Waals surface area contributed by atoms with E-state index < -0.39 is 0 Å². The number of allylic oxidation sites excluding steroid dienone is 2. The van der Waals surface area contributed by atoms with Crippen LogP contribution in [0.1, 0.15) is 71.1 Å². The van der Waals surface area contributed by atoms with Gasteiger partial charge in [0, 0.05) is 6.42 Å². The molecule has 0 aromatic heterocycles. The third-order valence-electron chi connectivity index (χ3n) is 4.86. The molecule has 2 aliphatic carbocycles. The van der Waals surface area contributed by atoms with E-state index in [0.29, 0.717) is 24.9 Å². The number of hydrogen-bond acceptors (Lipinski definition) is 2. The molecule has 0 aromatic carbocycles. The summed E-state index contributed by atoms with van der Waals surface area (Å²) in [7, 11) is 0. The molecule has 0 radical (unpaired) electrons. The first-order chi connectivity index (χ1) is 9.79. The lowest BCUT2D eigenvalue weighted by molar-refractivity contribution is -0.145. The average molecular weight is 278 g/mol. The lowest BCUT2D eigenvalue weighted by Gasteiger charge is -2.17. The van der Waals surface area contributed by atoms with Crippen molar-refractivity contribution in [3.05, 3.63) is 12.2 Å². The Balaban J connectivity index is 1.44. The second kappa shape index (κ2) is 8.49. The highest BCUT2D eigenvalue weighted by Crippen LogP contribution is 2.43. The molecule has 114 valence electrons. The van der Waals surface area contributed by atoms with Gasteiger partial charge in [-0.05, 0) is 37.0 Å². The average Bonchev–Trinajstić information content (AvgIpc) is 3.06. The first-order valence-electron chi connectivity index (χ1n) is 8.63. The van der Waals surface area contributed by atoms with Crippen LogP contribution in [-0.4, -0.2) is 12.6 Å². The molecule has 20 heavy (non-hydrogen) atoms. The summed E-state index contributed by atoms with van der Waals surface area (Å²) in [6, 6.07) is 0. The molecule has 0 amide bonds. The molecule has 0 aromatic rings. The zero-order chi connectivity index (χ0) is 14.2. The van der Waals surface area contributed by atoms with Gasteiger partial charge in [-0.1, -0.05) is 57.6 Å². The minimum absolute atomic E-state index is 0.0188. The Hall–Kier alpha value is -0.790. The Morgan fingerprint density at radius 2 is 1.80 bits per heavy atom. The molecule has 0 heterocycles. The minimum atomic E-state index is 0.0188. The van der Waals surface area contributed by atoms with Gasteiger partial charge in [-0.25, -0.2) is 0 Å². The molecule has 2 bridgehead atoms. The van der Waals surface area contributed by atoms with Gasteiger partial charge in [-0.2, -0.15) is 0 Å². The van der Waals surface area contributed by atoms with Gasteiger partial charge in [0.05, 0.1) is 6.61 Å². The third-order valence-corrected chi connectivity index (χ3v) is 4.86. The van der Waals surface area contributed by atoms with Crippen molar-refractivity contribution in [3.8, 4) is 0 Å². The highest BCUT2D eigenvalue weighted by atomic mass is 16.5. The fourth-order valence-corrected chi connectivity index (χ4v) is 3.58. The second-order valence-corrected chi connectivity index (χ2v) is 6.59. The first-order valence-corrected chi connectivity index (χ1v) is 8.63. The maximum Gasteiger partial charge on any atom is 0.305 e. The molecule has 0 N–H and O–H groups in total. The Labute approximate surface area is 124 Å². The zero-order valence-electron chi connectivity index (χ0n) is 13.0. The van der Waals surface area contributed by atoms with Gasteiger partial charge in [0.15, 0.2) is 0 Å². The quantitative estimate of drug-likeness (QED) is 0.323. The predicted octanol–water partition coefficient (Wildman–Crippen LogP) is 4.88. The van der Waals surface area contributed by atoms with Crippen molar-refractivity contribution in [2.24, 2.45) is 17.8 Å². The number of esters is 1. The van der Waals surface area contributed by atoms with Crippen LogP contribution in [0.15, 0.2) is 12.2 Å². The second-order valence-electron chi connectivity index (χ2n) is 6.59. The van der Waals surface area contributed by atoms with Gasteiger partial charge in [0.2, 0.25) is 0 Å². The molecule has 2 rings (SSSR count). The summed E-state index contributed by atoms with van der Waals surface area (Å²) in [6.07, 6.45) is 16.5. The molecule has 1 fully saturated rings. The molecule has 2 unspecified atom stereocenters. The Morgan fingerprint density at radius 1 is 1.05 bits per heavy atom. The molecule has 0 spiro atoms. The van der Waals surface area contributed by atoms with Gasteiger partial charge in [-0.3, -0.25) is 4.79 Å². The van der Waals surface area contributed by atoms with Gasteiger partial charge < -0.3 is 4.74 Å². The standard InChI is InChI=1S/C18H30O2/c1-2-3-4-5-6-7-8-9-18(19)20-14-17-13-15-10-11-16(17)12-15/h10-11,15-17H,2-9,12-14H2,1H3/t15?,16?,17-/m0/s1. The molecule has 0 aliphatic heterocycles. The van der Waals surface area contributed by atoms with Crippen molar-refractivity contribution in [3.63, 3.8) is 0 Å². The van der Waals surface area contributed by atoms with Crippen LogP contribution in [0.4, 0.5) is 0 Å². The van der Waals surface area contributed by atoms with E-state index in [1.807, 2.05) is 0 Å². The molecule has 1 saturated carbocycles. The number of hydrogen-bond donors (Lipinski definition) is 0. The van der Waals surface area contributed by atoms with E-state index in [0.717, 1.165) is 12.3 Å². The van der Waals surface area contributed by atoms with E-state index in [-0.39, 0.29) is 5.97 Å². The number of rotatable bonds is 10. The first kappa shape index (κ1) is 15.6. The lowest BCUT2D eigenvalue weighted by Crippen LogP contribution is -2.17. The monoisotopic (exact) mass is 278 g/mol. The van der Waals surface area contributed by atoms with Crippen LogP contribution in [0, 0.1) is 17.8 Å². The van der Waals surface area contributed by atoms with Crippen molar-refractivity contribution in [2.75, 3.05) is 6.61 Å². The fraction of sp³-hybridized carbons (Fsp3) is 0.833. The van der Waals surface area contributed by atoms with Crippen LogP contribution >= 0.6 is 0 Å². The zero-order valence-corrected chi connectivity index (χ0v) is 13.0. The van der Waals surface area contributed by atoms with E-state index in [2.05, 4.69) is 19.1 Å². The molecule has 2 heteroatoms. The molecular formula is C18H30O2. The lowest BCUT2D eigenvalue weighted by atomic mass is 9.95. The van der Waals surface area contributed by atoms with Crippen LogP contribution in [0.2, 0.25) is 0 Å². The highest BCUT2D eigenvalue weighted by molar-refractivity contribution is 5.69. The Bertz CT molecular complexity index is 321. The molecule has 0 saturated heterocycles. The third kappa shape index (κ3) is 4.96. The maximum absolute atomic E-state index is 11.7. The molecule has 2 aliphatic rings. The van der Waals surface area contributed by atoms with E-state index in [1.54, 1.807) is 0 Å². The SMILES string of the molecule is CCCCCCCCCC(=O)OC[C@@H]1CC2C=CC1C2. The van der Waals surface area contributed by atoms with E-state index in [4.69, 9.17) is 4.74 Å². The summed E-state index contributed by atoms with van der Waals surface area (Å²) in [5.41, 5.74) is 0. The molecule has 2 nitrogen and oxygen atoms in total. The van der Waals surface area contributed by atoms with Crippen LogP contribution in [-0.2, 0) is 9.53 Å². The normalized spacial score (nSPS) is 27.1. The summed E-state index contributed by atoms with van der Waals surface area (Å²) >= 11 is 0. The van der Waals surface area contributed by atoms with Crippen LogP contribution in [0.5, 0.6) is 0 Å². The predicted molar refractivity (Wildman–Crippen MR) is 82.4 cm³/mol. The van der Waals surface area contributed by atoms with Crippen molar-refractivity contribution in [1.82, 2.24) is 0 Å².